The Hall–Kier alpha value is -3.33. The maximum atomic E-state index is 13.4. The van der Waals surface area contributed by atoms with Crippen molar-refractivity contribution >= 4 is 28.3 Å². The molecule has 5 rings (SSSR count). The number of aryl methyl sites for hydroxylation is 1. The molecule has 2 atom stereocenters. The van der Waals surface area contributed by atoms with Crippen LogP contribution in [-0.4, -0.2) is 42.8 Å². The van der Waals surface area contributed by atoms with Gasteiger partial charge in [0, 0.05) is 37.2 Å². The monoisotopic (exact) mass is 379 g/mol. The number of benzene rings is 1. The number of carbonyl (C=O) groups is 1. The predicted octanol–water partition coefficient (Wildman–Crippen LogP) is 2.24. The zero-order valence-corrected chi connectivity index (χ0v) is 15.1. The van der Waals surface area contributed by atoms with E-state index >= 15 is 0 Å². The summed E-state index contributed by atoms with van der Waals surface area (Å²) < 4.78 is 17.0. The first kappa shape index (κ1) is 16.8. The Morgan fingerprint density at radius 3 is 3.04 bits per heavy atom. The smallest absolute Gasteiger partial charge is 0.256 e. The number of nitrogens with one attached hydrogen (secondary N) is 2. The third-order valence-corrected chi connectivity index (χ3v) is 5.04. The van der Waals surface area contributed by atoms with Crippen molar-refractivity contribution in [2.75, 3.05) is 11.9 Å². The molecule has 0 spiro atoms. The van der Waals surface area contributed by atoms with Gasteiger partial charge in [-0.05, 0) is 18.2 Å². The van der Waals surface area contributed by atoms with E-state index in [9.17, 15) is 9.18 Å². The highest BCUT2D eigenvalue weighted by Crippen LogP contribution is 2.25. The minimum absolute atomic E-state index is 0.0980. The largest absolute Gasteiger partial charge is 0.306 e. The van der Waals surface area contributed by atoms with Crippen molar-refractivity contribution in [2.45, 2.75) is 18.6 Å². The lowest BCUT2D eigenvalue weighted by Crippen LogP contribution is -2.14. The number of hydrogen-bond donors (Lipinski definition) is 2. The molecular weight excluding hydrogens is 361 g/mol. The fraction of sp³-hybridized carbons (Fsp3) is 0.263. The summed E-state index contributed by atoms with van der Waals surface area (Å²) in [4.78, 5) is 21.4. The number of hydrogen-bond acceptors (Lipinski definition) is 5. The van der Waals surface area contributed by atoms with Crippen LogP contribution in [0.25, 0.3) is 16.6 Å². The van der Waals surface area contributed by atoms with Crippen LogP contribution in [0.2, 0.25) is 0 Å². The third-order valence-electron chi connectivity index (χ3n) is 5.04. The standard InChI is InChI=1S/C19H18FN7O/c1-26-16-3-2-11(4-12(16)6-23-26)19(28)25-17-10-27-9-15(24-18(27)8-22-17)14-5-13(20)7-21-14/h2-4,6,8-10,13-14,21H,5,7H2,1H3,(H,25,28)/t13-,14+/m0/s1. The lowest BCUT2D eigenvalue weighted by molar-refractivity contribution is 0.102. The molecule has 1 aliphatic rings. The van der Waals surface area contributed by atoms with Gasteiger partial charge in [-0.1, -0.05) is 0 Å². The second kappa shape index (κ2) is 6.38. The first-order valence-corrected chi connectivity index (χ1v) is 9.02. The van der Waals surface area contributed by atoms with E-state index < -0.39 is 6.17 Å². The number of aromatic nitrogens is 5. The highest BCUT2D eigenvalue weighted by molar-refractivity contribution is 6.05. The summed E-state index contributed by atoms with van der Waals surface area (Å²) in [6.07, 6.45) is 6.42. The second-order valence-corrected chi connectivity index (χ2v) is 6.99. The summed E-state index contributed by atoms with van der Waals surface area (Å²) in [5.74, 6) is 0.158. The zero-order valence-electron chi connectivity index (χ0n) is 15.1. The Kier molecular flexibility index (Phi) is 3.83. The predicted molar refractivity (Wildman–Crippen MR) is 102 cm³/mol. The highest BCUT2D eigenvalue weighted by Gasteiger charge is 2.26. The molecule has 4 heterocycles. The number of carbonyl (C=O) groups excluding carboxylic acids is 1. The lowest BCUT2D eigenvalue weighted by Gasteiger charge is -2.05. The van der Waals surface area contributed by atoms with Gasteiger partial charge in [-0.2, -0.15) is 5.10 Å². The normalized spacial score (nSPS) is 19.5. The molecule has 1 amide bonds. The number of halogens is 1. The number of alkyl halides is 1. The van der Waals surface area contributed by atoms with Gasteiger partial charge < -0.3 is 15.0 Å². The number of amides is 1. The van der Waals surface area contributed by atoms with Crippen molar-refractivity contribution in [3.05, 3.63) is 54.2 Å². The van der Waals surface area contributed by atoms with Crippen molar-refractivity contribution in [3.8, 4) is 0 Å². The molecule has 0 radical (unpaired) electrons. The minimum atomic E-state index is -0.847. The van der Waals surface area contributed by atoms with E-state index in [2.05, 4.69) is 25.7 Å². The van der Waals surface area contributed by atoms with Crippen molar-refractivity contribution in [3.63, 3.8) is 0 Å². The maximum absolute atomic E-state index is 13.4. The van der Waals surface area contributed by atoms with E-state index in [0.717, 1.165) is 16.6 Å². The second-order valence-electron chi connectivity index (χ2n) is 6.99. The molecule has 0 unspecified atom stereocenters. The topological polar surface area (TPSA) is 89.1 Å². The highest BCUT2D eigenvalue weighted by atomic mass is 19.1. The van der Waals surface area contributed by atoms with Crippen LogP contribution >= 0.6 is 0 Å². The molecular formula is C19H18FN7O. The molecule has 3 aromatic heterocycles. The summed E-state index contributed by atoms with van der Waals surface area (Å²) in [7, 11) is 1.86. The van der Waals surface area contributed by atoms with Gasteiger partial charge in [0.15, 0.2) is 5.65 Å². The number of nitrogens with zero attached hydrogens (tertiary/aromatic N) is 5. The molecule has 1 saturated heterocycles. The first-order chi connectivity index (χ1) is 13.6. The van der Waals surface area contributed by atoms with Gasteiger partial charge in [0.1, 0.15) is 12.0 Å². The van der Waals surface area contributed by atoms with Crippen LogP contribution in [0.1, 0.15) is 28.5 Å². The van der Waals surface area contributed by atoms with E-state index in [1.54, 1.807) is 39.8 Å². The van der Waals surface area contributed by atoms with Crippen LogP contribution in [0.5, 0.6) is 0 Å². The van der Waals surface area contributed by atoms with Gasteiger partial charge in [-0.25, -0.2) is 14.4 Å². The molecule has 4 aromatic rings. The number of rotatable bonds is 3. The maximum Gasteiger partial charge on any atom is 0.256 e. The van der Waals surface area contributed by atoms with Crippen molar-refractivity contribution in [2.24, 2.45) is 7.05 Å². The zero-order chi connectivity index (χ0) is 19.3. The number of fused-ring (bicyclic) bond motifs is 2. The van der Waals surface area contributed by atoms with E-state index in [1.165, 1.54) is 0 Å². The Morgan fingerprint density at radius 2 is 2.21 bits per heavy atom. The van der Waals surface area contributed by atoms with Crippen LogP contribution in [0, 0.1) is 0 Å². The SMILES string of the molecule is Cn1ncc2cc(C(=O)Nc3cn4cc([C@H]5C[C@H](F)CN5)nc4cn3)ccc21. The van der Waals surface area contributed by atoms with Crippen molar-refractivity contribution < 1.29 is 9.18 Å². The fourth-order valence-electron chi connectivity index (χ4n) is 3.56. The number of imidazole rings is 1. The Balaban J connectivity index is 1.38. The van der Waals surface area contributed by atoms with Gasteiger partial charge in [0.05, 0.1) is 35.8 Å². The van der Waals surface area contributed by atoms with Crippen LogP contribution in [0.15, 0.2) is 43.0 Å². The summed E-state index contributed by atoms with van der Waals surface area (Å²) in [5, 5.41) is 11.0. The third kappa shape index (κ3) is 2.89. The summed E-state index contributed by atoms with van der Waals surface area (Å²) >= 11 is 0. The molecule has 8 nitrogen and oxygen atoms in total. The Morgan fingerprint density at radius 1 is 1.32 bits per heavy atom. The van der Waals surface area contributed by atoms with Crippen molar-refractivity contribution in [1.29, 1.82) is 0 Å². The molecule has 0 aliphatic carbocycles. The van der Waals surface area contributed by atoms with Crippen LogP contribution < -0.4 is 10.6 Å². The summed E-state index contributed by atoms with van der Waals surface area (Å²) in [5.41, 5.74) is 2.90. The Bertz CT molecular complexity index is 1200. The van der Waals surface area contributed by atoms with E-state index in [0.29, 0.717) is 30.0 Å². The van der Waals surface area contributed by atoms with Gasteiger partial charge in [-0.3, -0.25) is 9.48 Å². The van der Waals surface area contributed by atoms with Crippen LogP contribution in [0.3, 0.4) is 0 Å². The van der Waals surface area contributed by atoms with Crippen LogP contribution in [0.4, 0.5) is 10.2 Å². The summed E-state index contributed by atoms with van der Waals surface area (Å²) in [6.45, 7) is 0.347. The summed E-state index contributed by atoms with van der Waals surface area (Å²) in [6, 6.07) is 5.32. The molecule has 2 N–H and O–H groups in total. The fourth-order valence-corrected chi connectivity index (χ4v) is 3.56. The van der Waals surface area contributed by atoms with E-state index in [4.69, 9.17) is 0 Å². The van der Waals surface area contributed by atoms with Gasteiger partial charge >= 0.3 is 0 Å². The van der Waals surface area contributed by atoms with Gasteiger partial charge in [0.2, 0.25) is 0 Å². The van der Waals surface area contributed by atoms with Gasteiger partial charge in [-0.15, -0.1) is 0 Å². The van der Waals surface area contributed by atoms with Gasteiger partial charge in [0.25, 0.3) is 5.91 Å². The minimum Gasteiger partial charge on any atom is -0.306 e. The molecule has 142 valence electrons. The molecule has 9 heteroatoms. The lowest BCUT2D eigenvalue weighted by atomic mass is 10.1. The average molecular weight is 379 g/mol. The quantitative estimate of drug-likeness (QED) is 0.570. The molecule has 1 aromatic carbocycles. The molecule has 0 saturated carbocycles. The van der Waals surface area contributed by atoms with E-state index in [1.807, 2.05) is 19.3 Å². The molecule has 28 heavy (non-hydrogen) atoms. The first-order valence-electron chi connectivity index (χ1n) is 9.02. The Labute approximate surface area is 159 Å². The molecule has 1 fully saturated rings. The molecule has 0 bridgehead atoms. The van der Waals surface area contributed by atoms with Crippen molar-refractivity contribution in [1.82, 2.24) is 29.5 Å². The number of anilines is 1. The average Bonchev–Trinajstić information content (AvgIpc) is 3.39. The molecule has 1 aliphatic heterocycles. The van der Waals surface area contributed by atoms with Crippen LogP contribution in [-0.2, 0) is 7.05 Å². The van der Waals surface area contributed by atoms with E-state index in [-0.39, 0.29) is 11.9 Å².